The summed E-state index contributed by atoms with van der Waals surface area (Å²) in [6.07, 6.45) is 2.97. The van der Waals surface area contributed by atoms with Gasteiger partial charge in [0.2, 0.25) is 0 Å². The minimum atomic E-state index is -3.39. The van der Waals surface area contributed by atoms with E-state index in [0.29, 0.717) is 4.88 Å². The molecule has 2 rings (SSSR count). The van der Waals surface area contributed by atoms with E-state index in [1.807, 2.05) is 6.07 Å². The smallest absolute Gasteiger partial charge is 0.206 e. The minimum absolute atomic E-state index is 0.137. The summed E-state index contributed by atoms with van der Waals surface area (Å²) in [4.78, 5) is 0.431. The SMILES string of the molecule is CN(C1CCC1)S(=O)(=O)c1ccc(C#N)s1. The van der Waals surface area contributed by atoms with Crippen molar-refractivity contribution in [1.29, 1.82) is 5.26 Å². The van der Waals surface area contributed by atoms with Gasteiger partial charge in [-0.1, -0.05) is 6.42 Å². The lowest BCUT2D eigenvalue weighted by Crippen LogP contribution is -2.40. The molecule has 16 heavy (non-hydrogen) atoms. The summed E-state index contributed by atoms with van der Waals surface area (Å²) in [5, 5.41) is 8.67. The maximum Gasteiger partial charge on any atom is 0.252 e. The van der Waals surface area contributed by atoms with Crippen molar-refractivity contribution >= 4 is 21.4 Å². The Labute approximate surface area is 99.2 Å². The highest BCUT2D eigenvalue weighted by Crippen LogP contribution is 2.30. The zero-order valence-electron chi connectivity index (χ0n) is 8.88. The van der Waals surface area contributed by atoms with Gasteiger partial charge in [-0.2, -0.15) is 9.57 Å². The van der Waals surface area contributed by atoms with Crippen molar-refractivity contribution in [2.75, 3.05) is 7.05 Å². The van der Waals surface area contributed by atoms with Crippen LogP contribution in [0.3, 0.4) is 0 Å². The zero-order chi connectivity index (χ0) is 11.8. The third-order valence-corrected chi connectivity index (χ3v) is 6.28. The molecule has 0 radical (unpaired) electrons. The van der Waals surface area contributed by atoms with Crippen LogP contribution in [-0.4, -0.2) is 25.8 Å². The highest BCUT2D eigenvalue weighted by Gasteiger charge is 2.32. The van der Waals surface area contributed by atoms with Crippen molar-refractivity contribution in [2.24, 2.45) is 0 Å². The second-order valence-electron chi connectivity index (χ2n) is 3.84. The van der Waals surface area contributed by atoms with Crippen LogP contribution in [0.15, 0.2) is 16.3 Å². The van der Waals surface area contributed by atoms with Crippen molar-refractivity contribution in [2.45, 2.75) is 29.5 Å². The maximum absolute atomic E-state index is 12.1. The first-order valence-electron chi connectivity index (χ1n) is 5.03. The maximum atomic E-state index is 12.1. The molecule has 86 valence electrons. The Kier molecular flexibility index (Phi) is 3.02. The van der Waals surface area contributed by atoms with Crippen molar-refractivity contribution in [1.82, 2.24) is 4.31 Å². The van der Waals surface area contributed by atoms with E-state index in [1.54, 1.807) is 13.1 Å². The van der Waals surface area contributed by atoms with Gasteiger partial charge < -0.3 is 0 Å². The van der Waals surface area contributed by atoms with E-state index in [1.165, 1.54) is 10.4 Å². The largest absolute Gasteiger partial charge is 0.252 e. The fourth-order valence-electron chi connectivity index (χ4n) is 1.61. The molecule has 0 aliphatic heterocycles. The van der Waals surface area contributed by atoms with Gasteiger partial charge in [-0.3, -0.25) is 0 Å². The number of thiophene rings is 1. The normalized spacial score (nSPS) is 17.1. The van der Waals surface area contributed by atoms with Crippen LogP contribution in [-0.2, 0) is 10.0 Å². The number of sulfonamides is 1. The Morgan fingerprint density at radius 1 is 1.50 bits per heavy atom. The molecule has 0 amide bonds. The second kappa shape index (κ2) is 4.17. The first-order valence-corrected chi connectivity index (χ1v) is 7.29. The molecule has 0 saturated heterocycles. The van der Waals surface area contributed by atoms with Crippen LogP contribution in [0.4, 0.5) is 0 Å². The standard InChI is InChI=1S/C10H12N2O2S2/c1-12(8-3-2-4-8)16(13,14)10-6-5-9(7-11)15-10/h5-6,8H,2-4H2,1H3. The molecule has 0 bridgehead atoms. The Bertz CT molecular complexity index is 523. The van der Waals surface area contributed by atoms with Gasteiger partial charge in [0.1, 0.15) is 15.2 Å². The van der Waals surface area contributed by atoms with Gasteiger partial charge in [-0.15, -0.1) is 11.3 Å². The Morgan fingerprint density at radius 3 is 2.62 bits per heavy atom. The average Bonchev–Trinajstić information content (AvgIpc) is 2.63. The predicted molar refractivity (Wildman–Crippen MR) is 61.6 cm³/mol. The molecule has 1 fully saturated rings. The van der Waals surface area contributed by atoms with Crippen LogP contribution in [0.25, 0.3) is 0 Å². The van der Waals surface area contributed by atoms with Gasteiger partial charge in [0.25, 0.3) is 10.0 Å². The molecule has 0 atom stereocenters. The minimum Gasteiger partial charge on any atom is -0.206 e. The van der Waals surface area contributed by atoms with Gasteiger partial charge in [0, 0.05) is 13.1 Å². The molecule has 1 aliphatic carbocycles. The molecule has 0 spiro atoms. The molecular formula is C10H12N2O2S2. The van der Waals surface area contributed by atoms with Gasteiger partial charge in [-0.05, 0) is 25.0 Å². The summed E-state index contributed by atoms with van der Waals surface area (Å²) in [5.74, 6) is 0. The first-order chi connectivity index (χ1) is 7.55. The van der Waals surface area contributed by atoms with Gasteiger partial charge in [-0.25, -0.2) is 8.42 Å². The highest BCUT2D eigenvalue weighted by atomic mass is 32.2. The lowest BCUT2D eigenvalue weighted by molar-refractivity contribution is 0.250. The highest BCUT2D eigenvalue weighted by molar-refractivity contribution is 7.91. The zero-order valence-corrected chi connectivity index (χ0v) is 10.5. The van der Waals surface area contributed by atoms with Crippen molar-refractivity contribution in [3.8, 4) is 6.07 Å². The molecule has 1 saturated carbocycles. The van der Waals surface area contributed by atoms with Crippen LogP contribution in [0, 0.1) is 11.3 Å². The molecule has 1 aromatic rings. The number of rotatable bonds is 3. The number of nitriles is 1. The third kappa shape index (κ3) is 1.86. The average molecular weight is 256 g/mol. The molecule has 0 unspecified atom stereocenters. The summed E-state index contributed by atoms with van der Waals surface area (Å²) in [6.45, 7) is 0. The van der Waals surface area contributed by atoms with Crippen LogP contribution < -0.4 is 0 Å². The lowest BCUT2D eigenvalue weighted by atomic mass is 9.94. The number of hydrogen-bond donors (Lipinski definition) is 0. The molecule has 1 heterocycles. The lowest BCUT2D eigenvalue weighted by Gasteiger charge is -2.33. The fraction of sp³-hybridized carbons (Fsp3) is 0.500. The Morgan fingerprint density at radius 2 is 2.19 bits per heavy atom. The third-order valence-electron chi connectivity index (χ3n) is 2.91. The summed E-state index contributed by atoms with van der Waals surface area (Å²) in [5.41, 5.74) is 0. The summed E-state index contributed by atoms with van der Waals surface area (Å²) < 4.78 is 25.9. The topological polar surface area (TPSA) is 61.2 Å². The van der Waals surface area contributed by atoms with E-state index in [9.17, 15) is 8.42 Å². The second-order valence-corrected chi connectivity index (χ2v) is 7.14. The van der Waals surface area contributed by atoms with Crippen molar-refractivity contribution < 1.29 is 8.42 Å². The molecule has 1 aromatic heterocycles. The predicted octanol–water partition coefficient (Wildman–Crippen LogP) is 1.79. The van der Waals surface area contributed by atoms with E-state index in [0.717, 1.165) is 30.6 Å². The summed E-state index contributed by atoms with van der Waals surface area (Å²) in [7, 11) is -1.77. The van der Waals surface area contributed by atoms with Crippen LogP contribution in [0.2, 0.25) is 0 Å². The molecular weight excluding hydrogens is 244 g/mol. The summed E-state index contributed by atoms with van der Waals surface area (Å²) in [6, 6.07) is 5.14. The van der Waals surface area contributed by atoms with Gasteiger partial charge >= 0.3 is 0 Å². The quantitative estimate of drug-likeness (QED) is 0.828. The monoisotopic (exact) mass is 256 g/mol. The molecule has 0 aromatic carbocycles. The van der Waals surface area contributed by atoms with E-state index >= 15 is 0 Å². The Balaban J connectivity index is 2.27. The molecule has 4 nitrogen and oxygen atoms in total. The van der Waals surface area contributed by atoms with E-state index in [4.69, 9.17) is 5.26 Å². The number of nitrogens with zero attached hydrogens (tertiary/aromatic N) is 2. The molecule has 1 aliphatic rings. The number of hydrogen-bond acceptors (Lipinski definition) is 4. The summed E-state index contributed by atoms with van der Waals surface area (Å²) >= 11 is 1.03. The fourth-order valence-corrected chi connectivity index (χ4v) is 4.31. The van der Waals surface area contributed by atoms with E-state index in [-0.39, 0.29) is 10.3 Å². The first kappa shape index (κ1) is 11.6. The Hall–Kier alpha value is -0.900. The van der Waals surface area contributed by atoms with Crippen LogP contribution in [0.1, 0.15) is 24.1 Å². The van der Waals surface area contributed by atoms with Gasteiger partial charge in [0.15, 0.2) is 0 Å². The van der Waals surface area contributed by atoms with Crippen molar-refractivity contribution in [3.05, 3.63) is 17.0 Å². The molecule has 6 heteroatoms. The molecule has 0 N–H and O–H groups in total. The van der Waals surface area contributed by atoms with Crippen molar-refractivity contribution in [3.63, 3.8) is 0 Å². The van der Waals surface area contributed by atoms with Gasteiger partial charge in [0.05, 0.1) is 0 Å². The van der Waals surface area contributed by atoms with E-state index < -0.39 is 10.0 Å². The van der Waals surface area contributed by atoms with Crippen LogP contribution >= 0.6 is 11.3 Å². The van der Waals surface area contributed by atoms with E-state index in [2.05, 4.69) is 0 Å². The van der Waals surface area contributed by atoms with Crippen LogP contribution in [0.5, 0.6) is 0 Å².